The van der Waals surface area contributed by atoms with E-state index in [-0.39, 0.29) is 18.9 Å². The smallest absolute Gasteiger partial charge is 0.408 e. The van der Waals surface area contributed by atoms with E-state index in [2.05, 4.69) is 10.6 Å². The number of alkyl carbamates (subject to hydrolysis) is 1. The van der Waals surface area contributed by atoms with Crippen molar-refractivity contribution in [2.24, 2.45) is 34.7 Å². The summed E-state index contributed by atoms with van der Waals surface area (Å²) in [5, 5.41) is 14.9. The summed E-state index contributed by atoms with van der Waals surface area (Å²) in [5.74, 6) is 0.311. The Balaban J connectivity index is 2.92. The first-order chi connectivity index (χ1) is 18.0. The van der Waals surface area contributed by atoms with Crippen molar-refractivity contribution < 1.29 is 33.8 Å². The van der Waals surface area contributed by atoms with Crippen LogP contribution < -0.4 is 22.2 Å². The van der Waals surface area contributed by atoms with Crippen LogP contribution in [0, 0.1) is 23.2 Å². The molecule has 1 rings (SSSR count). The molecule has 4 atom stereocenters. The molecule has 0 saturated carbocycles. The molecular weight excluding hydrogens is 506 g/mol. The summed E-state index contributed by atoms with van der Waals surface area (Å²) < 4.78 is 5.20. The van der Waals surface area contributed by atoms with Gasteiger partial charge in [-0.2, -0.15) is 0 Å². The van der Waals surface area contributed by atoms with Gasteiger partial charge in [0.1, 0.15) is 18.7 Å². The minimum Gasteiger partial charge on any atom is -0.481 e. The number of carbonyl (C=O) groups excluding carboxylic acids is 4. The van der Waals surface area contributed by atoms with Crippen molar-refractivity contribution in [1.82, 2.24) is 15.6 Å². The van der Waals surface area contributed by atoms with Gasteiger partial charge in [0.05, 0.1) is 12.0 Å². The van der Waals surface area contributed by atoms with E-state index in [1.54, 1.807) is 72.7 Å². The number of nitrogens with zero attached hydrogens (tertiary/aromatic N) is 1. The van der Waals surface area contributed by atoms with Gasteiger partial charge >= 0.3 is 12.1 Å². The number of imide groups is 1. The number of rotatable bonds is 12. The van der Waals surface area contributed by atoms with E-state index in [1.165, 1.54) is 0 Å². The van der Waals surface area contributed by atoms with Crippen LogP contribution in [0.25, 0.3) is 0 Å². The van der Waals surface area contributed by atoms with Gasteiger partial charge in [0.15, 0.2) is 0 Å². The predicted octanol–water partition coefficient (Wildman–Crippen LogP) is 1.77. The minimum atomic E-state index is -1.35. The number of carboxylic acid groups (broad SMARTS) is 1. The number of amides is 4. The van der Waals surface area contributed by atoms with Crippen LogP contribution in [0.3, 0.4) is 0 Å². The molecule has 1 aromatic rings. The average Bonchev–Trinajstić information content (AvgIpc) is 2.85. The number of hydrazine groups is 1. The quantitative estimate of drug-likeness (QED) is 0.147. The van der Waals surface area contributed by atoms with E-state index in [0.29, 0.717) is 5.01 Å². The second-order valence-corrected chi connectivity index (χ2v) is 11.3. The van der Waals surface area contributed by atoms with Gasteiger partial charge in [0.2, 0.25) is 5.91 Å². The Morgan fingerprint density at radius 3 is 1.92 bits per heavy atom. The number of hydrogen-bond acceptors (Lipinski definition) is 8. The van der Waals surface area contributed by atoms with Gasteiger partial charge in [0.25, 0.3) is 11.8 Å². The third kappa shape index (κ3) is 10.3. The van der Waals surface area contributed by atoms with Gasteiger partial charge in [-0.3, -0.25) is 19.2 Å². The highest BCUT2D eigenvalue weighted by molar-refractivity contribution is 6.01. The van der Waals surface area contributed by atoms with Gasteiger partial charge in [-0.15, -0.1) is 0 Å². The van der Waals surface area contributed by atoms with E-state index >= 15 is 0 Å². The number of benzene rings is 1. The van der Waals surface area contributed by atoms with Crippen LogP contribution in [0.1, 0.15) is 60.5 Å². The lowest BCUT2D eigenvalue weighted by atomic mass is 9.77. The van der Waals surface area contributed by atoms with Crippen LogP contribution in [-0.4, -0.2) is 58.0 Å². The summed E-state index contributed by atoms with van der Waals surface area (Å²) in [7, 11) is 0. The highest BCUT2D eigenvalue weighted by Crippen LogP contribution is 2.30. The zero-order valence-corrected chi connectivity index (χ0v) is 23.8. The maximum absolute atomic E-state index is 13.1. The molecule has 0 aliphatic rings. The molecule has 39 heavy (non-hydrogen) atoms. The third-order valence-electron chi connectivity index (χ3n) is 6.29. The van der Waals surface area contributed by atoms with Crippen molar-refractivity contribution in [2.45, 2.75) is 79.6 Å². The molecule has 218 valence electrons. The maximum Gasteiger partial charge on any atom is 0.408 e. The van der Waals surface area contributed by atoms with Crippen molar-refractivity contribution in [3.8, 4) is 0 Å². The zero-order chi connectivity index (χ0) is 30.1. The summed E-state index contributed by atoms with van der Waals surface area (Å²) in [6.07, 6.45) is -1.05. The number of carbonyl (C=O) groups is 5. The first kappa shape index (κ1) is 33.5. The molecule has 1 unspecified atom stereocenters. The van der Waals surface area contributed by atoms with Crippen LogP contribution in [0.15, 0.2) is 30.3 Å². The molecular formula is C27H43N5O7. The van der Waals surface area contributed by atoms with Crippen LogP contribution in [0.2, 0.25) is 0 Å². The van der Waals surface area contributed by atoms with Crippen LogP contribution in [-0.2, 0) is 30.5 Å². The normalized spacial score (nSPS) is 14.6. The second-order valence-electron chi connectivity index (χ2n) is 11.3. The first-order valence-electron chi connectivity index (χ1n) is 12.9. The fourth-order valence-corrected chi connectivity index (χ4v) is 3.80. The predicted molar refractivity (Wildman–Crippen MR) is 144 cm³/mol. The van der Waals surface area contributed by atoms with Crippen molar-refractivity contribution in [2.75, 3.05) is 0 Å². The number of nitrogens with two attached hydrogens (primary N) is 2. The van der Waals surface area contributed by atoms with Crippen LogP contribution >= 0.6 is 0 Å². The molecule has 0 fully saturated rings. The topological polar surface area (TPSA) is 194 Å². The zero-order valence-electron chi connectivity index (χ0n) is 23.8. The van der Waals surface area contributed by atoms with Crippen molar-refractivity contribution in [3.05, 3.63) is 35.9 Å². The maximum atomic E-state index is 13.1. The number of ether oxygens (including phenoxy) is 1. The fourth-order valence-electron chi connectivity index (χ4n) is 3.80. The van der Waals surface area contributed by atoms with Crippen LogP contribution in [0.5, 0.6) is 0 Å². The van der Waals surface area contributed by atoms with Gasteiger partial charge in [-0.25, -0.2) is 15.6 Å². The van der Waals surface area contributed by atoms with Gasteiger partial charge in [0, 0.05) is 0 Å². The van der Waals surface area contributed by atoms with Gasteiger partial charge in [-0.05, 0) is 29.2 Å². The molecule has 0 aromatic heterocycles. The molecule has 0 saturated heterocycles. The lowest BCUT2D eigenvalue weighted by Crippen LogP contribution is -2.61. The SMILES string of the molecule is CC(C)[C@H](NC(=O)OCc1ccccc1)C(=O)N[C@H](C(=O)N(N)C(=O)[C@@H](N)CC(C(=O)O)C(C)(C)C)C(C)C. The Morgan fingerprint density at radius 1 is 0.923 bits per heavy atom. The Morgan fingerprint density at radius 2 is 1.46 bits per heavy atom. The molecule has 12 heteroatoms. The number of nitrogens with one attached hydrogen (secondary N) is 2. The Bertz CT molecular complexity index is 1010. The molecule has 1 aromatic carbocycles. The summed E-state index contributed by atoms with van der Waals surface area (Å²) in [4.78, 5) is 63.1. The molecule has 0 bridgehead atoms. The van der Waals surface area contributed by atoms with E-state index in [9.17, 15) is 29.1 Å². The third-order valence-corrected chi connectivity index (χ3v) is 6.29. The van der Waals surface area contributed by atoms with Crippen molar-refractivity contribution >= 4 is 29.8 Å². The summed E-state index contributed by atoms with van der Waals surface area (Å²) in [6.45, 7) is 11.8. The van der Waals surface area contributed by atoms with Crippen molar-refractivity contribution in [3.63, 3.8) is 0 Å². The molecule has 7 N–H and O–H groups in total. The Hall–Kier alpha value is -3.51. The fraction of sp³-hybridized carbons (Fsp3) is 0.593. The molecule has 0 heterocycles. The first-order valence-corrected chi connectivity index (χ1v) is 12.9. The molecule has 4 amide bonds. The van der Waals surface area contributed by atoms with E-state index in [4.69, 9.17) is 16.3 Å². The minimum absolute atomic E-state index is 0.00859. The number of carboxylic acids is 1. The van der Waals surface area contributed by atoms with E-state index < -0.39 is 65.2 Å². The molecule has 12 nitrogen and oxygen atoms in total. The van der Waals surface area contributed by atoms with Crippen LogP contribution in [0.4, 0.5) is 4.79 Å². The van der Waals surface area contributed by atoms with Gasteiger partial charge < -0.3 is 26.2 Å². The van der Waals surface area contributed by atoms with E-state index in [0.717, 1.165) is 5.56 Å². The lowest BCUT2D eigenvalue weighted by molar-refractivity contribution is -0.150. The van der Waals surface area contributed by atoms with Gasteiger partial charge in [-0.1, -0.05) is 78.8 Å². The van der Waals surface area contributed by atoms with E-state index in [1.807, 2.05) is 6.07 Å². The largest absolute Gasteiger partial charge is 0.481 e. The Labute approximate surface area is 229 Å². The number of hydrogen-bond donors (Lipinski definition) is 5. The monoisotopic (exact) mass is 549 g/mol. The highest BCUT2D eigenvalue weighted by Gasteiger charge is 2.38. The standard InChI is InChI=1S/C27H43N5O7/c1-15(2)20(31-26(38)39-14-17-11-9-8-10-12-17)22(33)30-21(16(3)4)24(35)32(29)23(34)19(28)13-18(25(36)37)27(5,6)7/h8-12,15-16,18-21H,13-14,28-29H2,1-7H3,(H,30,33)(H,31,38)(H,36,37)/t18?,19-,20-,21-/m0/s1. The molecule has 0 spiro atoms. The number of aliphatic carboxylic acids is 1. The lowest BCUT2D eigenvalue weighted by Gasteiger charge is -2.31. The molecule has 0 radical (unpaired) electrons. The Kier molecular flexibility index (Phi) is 12.5. The molecule has 0 aliphatic carbocycles. The summed E-state index contributed by atoms with van der Waals surface area (Å²) in [6, 6.07) is 5.39. The second kappa shape index (κ2) is 14.6. The highest BCUT2D eigenvalue weighted by atomic mass is 16.5. The molecule has 0 aliphatic heterocycles. The summed E-state index contributed by atoms with van der Waals surface area (Å²) in [5.41, 5.74) is 6.02. The average molecular weight is 550 g/mol. The summed E-state index contributed by atoms with van der Waals surface area (Å²) >= 11 is 0. The van der Waals surface area contributed by atoms with Crippen molar-refractivity contribution in [1.29, 1.82) is 0 Å².